The third-order valence-electron chi connectivity index (χ3n) is 3.49. The molecule has 0 aliphatic carbocycles. The largest absolute Gasteiger partial charge is 0.493 e. The molecule has 0 bridgehead atoms. The van der Waals surface area contributed by atoms with Crippen molar-refractivity contribution in [1.82, 2.24) is 5.32 Å². The fraction of sp³-hybridized carbons (Fsp3) is 0.222. The highest BCUT2D eigenvalue weighted by Gasteiger charge is 2.13. The zero-order valence-corrected chi connectivity index (χ0v) is 13.9. The van der Waals surface area contributed by atoms with Gasteiger partial charge in [-0.25, -0.2) is 0 Å². The van der Waals surface area contributed by atoms with Crippen molar-refractivity contribution in [3.05, 3.63) is 53.6 Å². The van der Waals surface area contributed by atoms with Crippen molar-refractivity contribution >= 4 is 17.5 Å². The number of nitrogens with one attached hydrogen (secondary N) is 2. The van der Waals surface area contributed by atoms with Gasteiger partial charge in [0.25, 0.3) is 5.91 Å². The van der Waals surface area contributed by atoms with Crippen LogP contribution in [-0.2, 0) is 11.2 Å². The number of carbonyl (C=O) groups is 2. The number of anilines is 1. The monoisotopic (exact) mass is 328 g/mol. The Morgan fingerprint density at radius 3 is 2.38 bits per heavy atom. The lowest BCUT2D eigenvalue weighted by atomic mass is 10.1. The van der Waals surface area contributed by atoms with Crippen LogP contribution >= 0.6 is 0 Å². The summed E-state index contributed by atoms with van der Waals surface area (Å²) in [5, 5.41) is 5.32. The molecule has 0 saturated carbocycles. The van der Waals surface area contributed by atoms with Gasteiger partial charge in [-0.15, -0.1) is 0 Å². The average Bonchev–Trinajstić information content (AvgIpc) is 2.61. The molecule has 126 valence electrons. The molecule has 2 N–H and O–H groups in total. The molecule has 0 saturated heterocycles. The summed E-state index contributed by atoms with van der Waals surface area (Å²) in [6, 6.07) is 12.2. The van der Waals surface area contributed by atoms with Crippen molar-refractivity contribution in [1.29, 1.82) is 0 Å². The fourth-order valence-corrected chi connectivity index (χ4v) is 2.30. The Morgan fingerprint density at radius 1 is 1.00 bits per heavy atom. The molecule has 0 fully saturated rings. The van der Waals surface area contributed by atoms with Crippen LogP contribution in [0.5, 0.6) is 11.5 Å². The van der Waals surface area contributed by atoms with Gasteiger partial charge in [0.2, 0.25) is 5.91 Å². The molecule has 0 atom stereocenters. The number of hydrogen-bond acceptors (Lipinski definition) is 4. The first-order valence-corrected chi connectivity index (χ1v) is 7.41. The van der Waals surface area contributed by atoms with Crippen LogP contribution in [0.2, 0.25) is 0 Å². The van der Waals surface area contributed by atoms with Crippen molar-refractivity contribution < 1.29 is 19.1 Å². The number of amides is 2. The lowest BCUT2D eigenvalue weighted by Crippen LogP contribution is -2.22. The van der Waals surface area contributed by atoms with E-state index in [0.29, 0.717) is 22.7 Å². The zero-order chi connectivity index (χ0) is 17.5. The second kappa shape index (κ2) is 8.01. The van der Waals surface area contributed by atoms with Gasteiger partial charge >= 0.3 is 0 Å². The normalized spacial score (nSPS) is 9.96. The van der Waals surface area contributed by atoms with Crippen LogP contribution < -0.4 is 20.1 Å². The SMILES string of the molecule is CNC(=O)c1ccccc1NC(=O)Cc1ccc(OC)c(OC)c1. The topological polar surface area (TPSA) is 76.7 Å². The second-order valence-corrected chi connectivity index (χ2v) is 5.04. The molecule has 24 heavy (non-hydrogen) atoms. The van der Waals surface area contributed by atoms with Crippen molar-refractivity contribution in [3.63, 3.8) is 0 Å². The lowest BCUT2D eigenvalue weighted by molar-refractivity contribution is -0.115. The summed E-state index contributed by atoms with van der Waals surface area (Å²) < 4.78 is 10.4. The summed E-state index contributed by atoms with van der Waals surface area (Å²) in [6.07, 6.45) is 0.155. The number of rotatable bonds is 6. The van der Waals surface area contributed by atoms with Crippen LogP contribution in [-0.4, -0.2) is 33.1 Å². The van der Waals surface area contributed by atoms with Crippen LogP contribution in [0.4, 0.5) is 5.69 Å². The highest BCUT2D eigenvalue weighted by molar-refractivity contribution is 6.03. The van der Waals surface area contributed by atoms with Gasteiger partial charge in [0.05, 0.1) is 31.9 Å². The number of para-hydroxylation sites is 1. The summed E-state index contributed by atoms with van der Waals surface area (Å²) in [4.78, 5) is 24.1. The number of ether oxygens (including phenoxy) is 2. The molecule has 0 heterocycles. The number of hydrogen-bond donors (Lipinski definition) is 2. The van der Waals surface area contributed by atoms with Crippen molar-refractivity contribution in [2.24, 2.45) is 0 Å². The van der Waals surface area contributed by atoms with Crippen LogP contribution in [0, 0.1) is 0 Å². The Kier molecular flexibility index (Phi) is 5.78. The minimum atomic E-state index is -0.253. The van der Waals surface area contributed by atoms with E-state index in [-0.39, 0.29) is 18.2 Å². The van der Waals surface area contributed by atoms with Gasteiger partial charge in [-0.3, -0.25) is 9.59 Å². The molecule has 0 radical (unpaired) electrons. The van der Waals surface area contributed by atoms with E-state index in [0.717, 1.165) is 5.56 Å². The maximum absolute atomic E-state index is 12.3. The second-order valence-electron chi connectivity index (χ2n) is 5.04. The van der Waals surface area contributed by atoms with Gasteiger partial charge in [-0.2, -0.15) is 0 Å². The van der Waals surface area contributed by atoms with Crippen molar-refractivity contribution in [2.45, 2.75) is 6.42 Å². The third kappa shape index (κ3) is 4.04. The third-order valence-corrected chi connectivity index (χ3v) is 3.49. The van der Waals surface area contributed by atoms with E-state index in [1.807, 2.05) is 0 Å². The van der Waals surface area contributed by atoms with Crippen LogP contribution in [0.3, 0.4) is 0 Å². The molecule has 2 amide bonds. The summed E-state index contributed by atoms with van der Waals surface area (Å²) in [6.45, 7) is 0. The lowest BCUT2D eigenvalue weighted by Gasteiger charge is -2.11. The predicted octanol–water partition coefficient (Wildman–Crippen LogP) is 2.24. The van der Waals surface area contributed by atoms with Gasteiger partial charge in [0, 0.05) is 7.05 Å². The molecule has 6 heteroatoms. The molecule has 0 spiro atoms. The van der Waals surface area contributed by atoms with E-state index < -0.39 is 0 Å². The highest BCUT2D eigenvalue weighted by Crippen LogP contribution is 2.27. The van der Waals surface area contributed by atoms with E-state index in [1.165, 1.54) is 0 Å². The highest BCUT2D eigenvalue weighted by atomic mass is 16.5. The first-order valence-electron chi connectivity index (χ1n) is 7.41. The number of methoxy groups -OCH3 is 2. The van der Waals surface area contributed by atoms with Crippen LogP contribution in [0.25, 0.3) is 0 Å². The fourth-order valence-electron chi connectivity index (χ4n) is 2.30. The van der Waals surface area contributed by atoms with E-state index in [4.69, 9.17) is 9.47 Å². The molecular weight excluding hydrogens is 308 g/mol. The van der Waals surface area contributed by atoms with E-state index in [9.17, 15) is 9.59 Å². The summed E-state index contributed by atoms with van der Waals surface area (Å²) in [7, 11) is 4.64. The Hall–Kier alpha value is -3.02. The van der Waals surface area contributed by atoms with Gasteiger partial charge < -0.3 is 20.1 Å². The molecule has 2 rings (SSSR count). The Morgan fingerprint density at radius 2 is 1.71 bits per heavy atom. The van der Waals surface area contributed by atoms with Crippen LogP contribution in [0.15, 0.2) is 42.5 Å². The molecule has 2 aromatic rings. The Balaban J connectivity index is 2.13. The standard InChI is InChI=1S/C18H20N2O4/c1-19-18(22)13-6-4-5-7-14(13)20-17(21)11-12-8-9-15(23-2)16(10-12)24-3/h4-10H,11H2,1-3H3,(H,19,22)(H,20,21). The van der Waals surface area contributed by atoms with Crippen molar-refractivity contribution in [3.8, 4) is 11.5 Å². The first-order chi connectivity index (χ1) is 11.6. The number of carbonyl (C=O) groups excluding carboxylic acids is 2. The minimum Gasteiger partial charge on any atom is -0.493 e. The molecular formula is C18H20N2O4. The van der Waals surface area contributed by atoms with E-state index in [1.54, 1.807) is 63.7 Å². The summed E-state index contributed by atoms with van der Waals surface area (Å²) >= 11 is 0. The molecule has 0 aliphatic rings. The molecule has 0 aromatic heterocycles. The molecule has 2 aromatic carbocycles. The Bertz CT molecular complexity index is 744. The van der Waals surface area contributed by atoms with E-state index in [2.05, 4.69) is 10.6 Å². The maximum atomic E-state index is 12.3. The first kappa shape index (κ1) is 17.3. The molecule has 6 nitrogen and oxygen atoms in total. The molecule has 0 aliphatic heterocycles. The summed E-state index contributed by atoms with van der Waals surface area (Å²) in [5.41, 5.74) is 1.67. The smallest absolute Gasteiger partial charge is 0.253 e. The average molecular weight is 328 g/mol. The number of benzene rings is 2. The van der Waals surface area contributed by atoms with Gasteiger partial charge in [0.15, 0.2) is 11.5 Å². The van der Waals surface area contributed by atoms with E-state index >= 15 is 0 Å². The molecule has 0 unspecified atom stereocenters. The zero-order valence-electron chi connectivity index (χ0n) is 13.9. The van der Waals surface area contributed by atoms with Crippen LogP contribution in [0.1, 0.15) is 15.9 Å². The Labute approximate surface area is 140 Å². The van der Waals surface area contributed by atoms with Crippen molar-refractivity contribution in [2.75, 3.05) is 26.6 Å². The quantitative estimate of drug-likeness (QED) is 0.853. The minimum absolute atomic E-state index is 0.155. The van der Waals surface area contributed by atoms with Gasteiger partial charge in [-0.1, -0.05) is 18.2 Å². The van der Waals surface area contributed by atoms with Gasteiger partial charge in [0.1, 0.15) is 0 Å². The summed E-state index contributed by atoms with van der Waals surface area (Å²) in [5.74, 6) is 0.691. The van der Waals surface area contributed by atoms with Gasteiger partial charge in [-0.05, 0) is 29.8 Å². The predicted molar refractivity (Wildman–Crippen MR) is 91.7 cm³/mol. The maximum Gasteiger partial charge on any atom is 0.253 e.